The Labute approximate surface area is 144 Å². The fourth-order valence-electron chi connectivity index (χ4n) is 3.71. The first-order valence-electron chi connectivity index (χ1n) is 9.15. The van der Waals surface area contributed by atoms with Crippen molar-refractivity contribution in [3.63, 3.8) is 0 Å². The standard InChI is InChI=1S/C22H25NO/c1-2-3-7-17-10-12-18(13-11-17)21-16-19-8-4-5-9-20(19)22-23(21)14-6-15-24-22/h4-5,8-13,16,22H,2-3,6-7,14-15H2,1H3. The van der Waals surface area contributed by atoms with Gasteiger partial charge < -0.3 is 9.64 Å². The predicted molar refractivity (Wildman–Crippen MR) is 99.4 cm³/mol. The lowest BCUT2D eigenvalue weighted by molar-refractivity contribution is -0.0700. The molecule has 1 atom stereocenters. The maximum atomic E-state index is 6.12. The van der Waals surface area contributed by atoms with Crippen LogP contribution >= 0.6 is 0 Å². The number of ether oxygens (including phenoxy) is 1. The van der Waals surface area contributed by atoms with Crippen molar-refractivity contribution in [1.82, 2.24) is 4.90 Å². The van der Waals surface area contributed by atoms with Gasteiger partial charge in [0.2, 0.25) is 0 Å². The number of unbranched alkanes of at least 4 members (excludes halogenated alkanes) is 1. The summed E-state index contributed by atoms with van der Waals surface area (Å²) in [7, 11) is 0. The molecular weight excluding hydrogens is 294 g/mol. The highest BCUT2D eigenvalue weighted by molar-refractivity contribution is 5.83. The van der Waals surface area contributed by atoms with Gasteiger partial charge in [0, 0.05) is 17.8 Å². The lowest BCUT2D eigenvalue weighted by atomic mass is 9.95. The second-order valence-electron chi connectivity index (χ2n) is 6.73. The molecule has 1 fully saturated rings. The smallest absolute Gasteiger partial charge is 0.157 e. The van der Waals surface area contributed by atoms with Crippen molar-refractivity contribution in [3.05, 3.63) is 70.8 Å². The number of hydrogen-bond donors (Lipinski definition) is 0. The van der Waals surface area contributed by atoms with Crippen LogP contribution in [-0.4, -0.2) is 18.1 Å². The summed E-state index contributed by atoms with van der Waals surface area (Å²) in [5.41, 5.74) is 6.59. The Bertz CT molecular complexity index is 732. The van der Waals surface area contributed by atoms with Crippen molar-refractivity contribution in [1.29, 1.82) is 0 Å². The average Bonchev–Trinajstić information content (AvgIpc) is 2.66. The second-order valence-corrected chi connectivity index (χ2v) is 6.73. The molecule has 2 nitrogen and oxygen atoms in total. The molecule has 0 saturated carbocycles. The van der Waals surface area contributed by atoms with E-state index in [9.17, 15) is 0 Å². The molecular formula is C22H25NO. The number of nitrogens with zero attached hydrogens (tertiary/aromatic N) is 1. The Morgan fingerprint density at radius 3 is 2.75 bits per heavy atom. The van der Waals surface area contributed by atoms with Gasteiger partial charge in [0.1, 0.15) is 0 Å². The molecule has 2 aliphatic rings. The molecule has 1 saturated heterocycles. The van der Waals surface area contributed by atoms with Gasteiger partial charge in [-0.1, -0.05) is 61.9 Å². The predicted octanol–water partition coefficient (Wildman–Crippen LogP) is 5.26. The first kappa shape index (κ1) is 15.5. The summed E-state index contributed by atoms with van der Waals surface area (Å²) in [5.74, 6) is 0. The molecule has 0 radical (unpaired) electrons. The highest BCUT2D eigenvalue weighted by Gasteiger charge is 2.31. The van der Waals surface area contributed by atoms with Crippen LogP contribution in [0, 0.1) is 0 Å². The van der Waals surface area contributed by atoms with E-state index in [-0.39, 0.29) is 6.23 Å². The third kappa shape index (κ3) is 2.87. The van der Waals surface area contributed by atoms with Crippen LogP contribution < -0.4 is 0 Å². The molecule has 124 valence electrons. The molecule has 24 heavy (non-hydrogen) atoms. The number of aryl methyl sites for hydroxylation is 1. The molecule has 2 aliphatic heterocycles. The van der Waals surface area contributed by atoms with Gasteiger partial charge in [-0.2, -0.15) is 0 Å². The summed E-state index contributed by atoms with van der Waals surface area (Å²) in [5, 5.41) is 0. The molecule has 2 heterocycles. The summed E-state index contributed by atoms with van der Waals surface area (Å²) < 4.78 is 6.12. The van der Waals surface area contributed by atoms with Crippen molar-refractivity contribution in [2.45, 2.75) is 38.8 Å². The average molecular weight is 319 g/mol. The van der Waals surface area contributed by atoms with E-state index in [1.54, 1.807) is 0 Å². The maximum absolute atomic E-state index is 6.12. The van der Waals surface area contributed by atoms with Gasteiger partial charge in [0.15, 0.2) is 6.23 Å². The van der Waals surface area contributed by atoms with E-state index in [2.05, 4.69) is 66.4 Å². The van der Waals surface area contributed by atoms with E-state index in [0.29, 0.717) is 0 Å². The van der Waals surface area contributed by atoms with Crippen LogP contribution in [0.4, 0.5) is 0 Å². The summed E-state index contributed by atoms with van der Waals surface area (Å²) >= 11 is 0. The van der Waals surface area contributed by atoms with E-state index in [4.69, 9.17) is 4.74 Å². The molecule has 0 N–H and O–H groups in total. The first-order chi connectivity index (χ1) is 11.9. The van der Waals surface area contributed by atoms with Gasteiger partial charge in [-0.3, -0.25) is 0 Å². The van der Waals surface area contributed by atoms with Crippen LogP contribution in [0.15, 0.2) is 48.5 Å². The van der Waals surface area contributed by atoms with Crippen molar-refractivity contribution in [2.75, 3.05) is 13.2 Å². The Balaban J connectivity index is 1.69. The van der Waals surface area contributed by atoms with Crippen LogP contribution in [0.5, 0.6) is 0 Å². The number of hydrogen-bond acceptors (Lipinski definition) is 2. The molecule has 2 aromatic carbocycles. The molecule has 1 unspecified atom stereocenters. The van der Waals surface area contributed by atoms with E-state index < -0.39 is 0 Å². The zero-order chi connectivity index (χ0) is 16.4. The summed E-state index contributed by atoms with van der Waals surface area (Å²) in [4.78, 5) is 2.42. The molecule has 0 aliphatic carbocycles. The van der Waals surface area contributed by atoms with Crippen molar-refractivity contribution < 1.29 is 4.74 Å². The SMILES string of the molecule is CCCCc1ccc(C2=Cc3ccccc3C3OCCCN23)cc1. The summed E-state index contributed by atoms with van der Waals surface area (Å²) in [6.45, 7) is 4.15. The van der Waals surface area contributed by atoms with Gasteiger partial charge >= 0.3 is 0 Å². The highest BCUT2D eigenvalue weighted by Crippen LogP contribution is 2.40. The molecule has 0 spiro atoms. The Kier molecular flexibility index (Phi) is 4.40. The van der Waals surface area contributed by atoms with Crippen LogP contribution in [0.1, 0.15) is 54.7 Å². The monoisotopic (exact) mass is 319 g/mol. The zero-order valence-electron chi connectivity index (χ0n) is 14.4. The molecule has 2 aromatic rings. The fourth-order valence-corrected chi connectivity index (χ4v) is 3.71. The molecule has 0 bridgehead atoms. The minimum absolute atomic E-state index is 0.0646. The van der Waals surface area contributed by atoms with Crippen molar-refractivity contribution in [2.24, 2.45) is 0 Å². The number of fused-ring (bicyclic) bond motifs is 3. The Morgan fingerprint density at radius 2 is 1.92 bits per heavy atom. The third-order valence-corrected chi connectivity index (χ3v) is 5.03. The van der Waals surface area contributed by atoms with Crippen LogP contribution in [0.2, 0.25) is 0 Å². The van der Waals surface area contributed by atoms with E-state index in [0.717, 1.165) is 19.6 Å². The fraction of sp³-hybridized carbons (Fsp3) is 0.364. The van der Waals surface area contributed by atoms with Crippen molar-refractivity contribution >= 4 is 11.8 Å². The van der Waals surface area contributed by atoms with Gasteiger partial charge in [-0.05, 0) is 42.0 Å². The zero-order valence-corrected chi connectivity index (χ0v) is 14.4. The lowest BCUT2D eigenvalue weighted by Gasteiger charge is -2.42. The minimum Gasteiger partial charge on any atom is -0.354 e. The second kappa shape index (κ2) is 6.82. The number of rotatable bonds is 4. The van der Waals surface area contributed by atoms with Crippen molar-refractivity contribution in [3.8, 4) is 0 Å². The van der Waals surface area contributed by atoms with Crippen LogP contribution in [-0.2, 0) is 11.2 Å². The van der Waals surface area contributed by atoms with Crippen LogP contribution in [0.25, 0.3) is 11.8 Å². The largest absolute Gasteiger partial charge is 0.354 e. The quantitative estimate of drug-likeness (QED) is 0.762. The Hall–Kier alpha value is -2.06. The molecule has 0 amide bonds. The van der Waals surface area contributed by atoms with E-state index >= 15 is 0 Å². The number of benzene rings is 2. The highest BCUT2D eigenvalue weighted by atomic mass is 16.5. The maximum Gasteiger partial charge on any atom is 0.157 e. The molecule has 2 heteroatoms. The first-order valence-corrected chi connectivity index (χ1v) is 9.15. The van der Waals surface area contributed by atoms with Gasteiger partial charge in [0.25, 0.3) is 0 Å². The summed E-state index contributed by atoms with van der Waals surface area (Å²) in [6, 6.07) is 17.7. The minimum atomic E-state index is 0.0646. The summed E-state index contributed by atoms with van der Waals surface area (Å²) in [6.07, 6.45) is 7.16. The molecule has 0 aromatic heterocycles. The van der Waals surface area contributed by atoms with Crippen LogP contribution in [0.3, 0.4) is 0 Å². The third-order valence-electron chi connectivity index (χ3n) is 5.03. The Morgan fingerprint density at radius 1 is 1.08 bits per heavy atom. The van der Waals surface area contributed by atoms with E-state index in [1.165, 1.54) is 47.2 Å². The lowest BCUT2D eigenvalue weighted by Crippen LogP contribution is -2.37. The van der Waals surface area contributed by atoms with Gasteiger partial charge in [-0.25, -0.2) is 0 Å². The van der Waals surface area contributed by atoms with Gasteiger partial charge in [-0.15, -0.1) is 0 Å². The molecule has 4 rings (SSSR count). The topological polar surface area (TPSA) is 12.5 Å². The van der Waals surface area contributed by atoms with Gasteiger partial charge in [0.05, 0.1) is 6.61 Å². The van der Waals surface area contributed by atoms with E-state index in [1.807, 2.05) is 0 Å². The normalized spacial score (nSPS) is 19.5.